The molecule has 23 fully saturated rings. The van der Waals surface area contributed by atoms with Gasteiger partial charge in [-0.25, -0.2) is 0 Å². The molecule has 17 N–H and O–H groups in total. The first-order chi connectivity index (χ1) is 33.0. The SMILES string of the molecule is OC[C@H]1O[C@@H]2O[C@H]3[C@H](O)[C@@H](O)[C@@H](O[C@H]4[C@H](O)[C@@H](O)[C@@H](O[C@H]5[C@H](O)[C@@H](O)[C@@H](O[C@H]6[C@H](O)[C@@H](O)[C@@H](O[C@H]7[C@H](O)[C@@H](O)[C@@H](O[C@@H]1[C@H](OC1CC1)[C@H]2O)O[C@@H]7CO)O[C@@H]6CO)O[C@@H]5CO)O[C@@H]4CO)O[C@@H]3CO. The second-order valence-electron chi connectivity index (χ2n) is 18.2. The lowest BCUT2D eigenvalue weighted by atomic mass is 9.94. The van der Waals surface area contributed by atoms with E-state index in [0.29, 0.717) is 12.8 Å². The molecule has 1 aliphatic carbocycles. The fourth-order valence-corrected chi connectivity index (χ4v) is 9.49. The van der Waals surface area contributed by atoms with Crippen LogP contribution in [-0.4, -0.2) is 317 Å². The van der Waals surface area contributed by atoms with Crippen molar-refractivity contribution in [1.29, 1.82) is 0 Å². The molecule has 0 amide bonds. The van der Waals surface area contributed by atoms with Crippen molar-refractivity contribution in [2.45, 2.75) is 203 Å². The van der Waals surface area contributed by atoms with Crippen LogP contribution < -0.4 is 0 Å². The summed E-state index contributed by atoms with van der Waals surface area (Å²) in [7, 11) is 0. The highest BCUT2D eigenvalue weighted by Gasteiger charge is 2.59. The number of hydrogen-bond donors (Lipinski definition) is 17. The Balaban J connectivity index is 1.11. The van der Waals surface area contributed by atoms with Crippen molar-refractivity contribution in [3.63, 3.8) is 0 Å². The Morgan fingerprint density at radius 1 is 0.261 bits per heavy atom. The van der Waals surface area contributed by atoms with Gasteiger partial charge in [-0.05, 0) is 12.8 Å². The van der Waals surface area contributed by atoms with Gasteiger partial charge in [-0.2, -0.15) is 0 Å². The first-order valence-corrected chi connectivity index (χ1v) is 22.6. The van der Waals surface area contributed by atoms with Gasteiger partial charge in [0.15, 0.2) is 37.7 Å². The predicted molar refractivity (Wildman–Crippen MR) is 208 cm³/mol. The Morgan fingerprint density at radius 2 is 0.464 bits per heavy atom. The van der Waals surface area contributed by atoms with E-state index in [0.717, 1.165) is 0 Å². The number of aliphatic hydroxyl groups excluding tert-OH is 17. The zero-order valence-electron chi connectivity index (χ0n) is 36.5. The molecule has 22 aliphatic heterocycles. The molecule has 30 nitrogen and oxygen atoms in total. The summed E-state index contributed by atoms with van der Waals surface area (Å²) in [6, 6.07) is 0. The molecule has 30 atom stereocenters. The second kappa shape index (κ2) is 22.7. The summed E-state index contributed by atoms with van der Waals surface area (Å²) >= 11 is 0. The molecule has 30 heteroatoms. The lowest BCUT2D eigenvalue weighted by Crippen LogP contribution is -2.69. The van der Waals surface area contributed by atoms with Crippen molar-refractivity contribution in [1.82, 2.24) is 0 Å². The summed E-state index contributed by atoms with van der Waals surface area (Å²) in [6.45, 7) is -5.77. The topological polar surface area (TPSA) is 464 Å². The molecule has 12 bridgehead atoms. The van der Waals surface area contributed by atoms with Gasteiger partial charge >= 0.3 is 0 Å². The van der Waals surface area contributed by atoms with Crippen LogP contribution in [0.15, 0.2) is 0 Å². The number of rotatable bonds is 8. The molecule has 0 aromatic carbocycles. The summed E-state index contributed by atoms with van der Waals surface area (Å²) in [5, 5.41) is 187. The predicted octanol–water partition coefficient (Wildman–Crippen LogP) is -11.9. The van der Waals surface area contributed by atoms with Gasteiger partial charge in [0.2, 0.25) is 0 Å². The highest BCUT2D eigenvalue weighted by atomic mass is 16.8. The van der Waals surface area contributed by atoms with E-state index < -0.39 is 230 Å². The van der Waals surface area contributed by atoms with Crippen LogP contribution in [0.4, 0.5) is 0 Å². The Morgan fingerprint density at radius 3 is 0.681 bits per heavy atom. The van der Waals surface area contributed by atoms with Crippen LogP contribution in [-0.2, 0) is 61.6 Å². The van der Waals surface area contributed by atoms with Crippen molar-refractivity contribution in [2.75, 3.05) is 39.6 Å². The van der Waals surface area contributed by atoms with Crippen LogP contribution in [0.1, 0.15) is 12.8 Å². The summed E-state index contributed by atoms with van der Waals surface area (Å²) in [5.41, 5.74) is 0. The smallest absolute Gasteiger partial charge is 0.187 e. The van der Waals surface area contributed by atoms with Gasteiger partial charge in [-0.1, -0.05) is 0 Å². The average molecular weight is 1010 g/mol. The summed E-state index contributed by atoms with van der Waals surface area (Å²) < 4.78 is 75.4. The molecule has 0 radical (unpaired) electrons. The first kappa shape index (κ1) is 54.1. The van der Waals surface area contributed by atoms with E-state index in [9.17, 15) is 86.8 Å². The second-order valence-corrected chi connectivity index (χ2v) is 18.2. The molecule has 22 saturated heterocycles. The third-order valence-electron chi connectivity index (χ3n) is 13.5. The summed E-state index contributed by atoms with van der Waals surface area (Å²) in [6.07, 6.45) is -55.8. The quantitative estimate of drug-likeness (QED) is 0.107. The molecular formula is C39H64O30. The van der Waals surface area contributed by atoms with Gasteiger partial charge in [0.1, 0.15) is 146 Å². The number of aliphatic hydroxyl groups is 17. The zero-order valence-corrected chi connectivity index (χ0v) is 36.5. The van der Waals surface area contributed by atoms with Crippen LogP contribution in [0, 0.1) is 0 Å². The number of ether oxygens (including phenoxy) is 13. The number of hydrogen-bond acceptors (Lipinski definition) is 30. The van der Waals surface area contributed by atoms with Gasteiger partial charge < -0.3 is 148 Å². The van der Waals surface area contributed by atoms with E-state index in [2.05, 4.69) is 0 Å². The largest absolute Gasteiger partial charge is 0.394 e. The molecule has 22 heterocycles. The molecular weight excluding hydrogens is 948 g/mol. The van der Waals surface area contributed by atoms with Crippen molar-refractivity contribution in [3.05, 3.63) is 0 Å². The maximum Gasteiger partial charge on any atom is 0.187 e. The minimum atomic E-state index is -2.14. The van der Waals surface area contributed by atoms with E-state index in [-0.39, 0.29) is 0 Å². The van der Waals surface area contributed by atoms with Gasteiger partial charge in [-0.15, -0.1) is 0 Å². The standard InChI is InChI=1S/C39H64O30/c40-3-10-27-16(46)21(51)34(58-10)65-28-11(4-41)60-36(23(53)18(28)48)67-30-13(6-43)62-38(25(55)20(30)50)69-32-15(8-45)63-39(26(56)33(32)57-9-1-2-9)68-31-14(7-44)61-37(24(54)19(31)49)66-29-12(5-42)59-35(64-27)22(52)17(29)47/h9-56H,1-8H2/t10-,11-,12-,13-,14-,15-,16-,17-,18-,19-,20-,21-,22-,23-,24-,25-,26-,27-,28-,29-,30-,31-,32+,33-,34-,35-,36-,37-,38-,39-/m1/s1. The highest BCUT2D eigenvalue weighted by Crippen LogP contribution is 2.39. The van der Waals surface area contributed by atoms with Crippen LogP contribution in [0.5, 0.6) is 0 Å². The molecule has 1 saturated carbocycles. The van der Waals surface area contributed by atoms with Crippen molar-refractivity contribution in [3.8, 4) is 0 Å². The Bertz CT molecular complexity index is 1610. The molecule has 23 rings (SSSR count). The minimum Gasteiger partial charge on any atom is -0.394 e. The Kier molecular flexibility index (Phi) is 17.8. The van der Waals surface area contributed by atoms with Crippen molar-refractivity contribution in [2.24, 2.45) is 0 Å². The highest BCUT2D eigenvalue weighted by molar-refractivity contribution is 5.01. The third kappa shape index (κ3) is 10.7. The van der Waals surface area contributed by atoms with Crippen LogP contribution in [0.2, 0.25) is 0 Å². The maximum absolute atomic E-state index is 11.7. The molecule has 400 valence electrons. The van der Waals surface area contributed by atoms with Gasteiger partial charge in [-0.3, -0.25) is 0 Å². The summed E-state index contributed by atoms with van der Waals surface area (Å²) in [5.74, 6) is 0. The lowest BCUT2D eigenvalue weighted by Gasteiger charge is -2.51. The molecule has 23 aliphatic rings. The van der Waals surface area contributed by atoms with E-state index in [1.54, 1.807) is 0 Å². The van der Waals surface area contributed by atoms with Crippen molar-refractivity contribution < 1.29 is 148 Å². The van der Waals surface area contributed by atoms with Crippen LogP contribution >= 0.6 is 0 Å². The van der Waals surface area contributed by atoms with E-state index in [1.165, 1.54) is 0 Å². The molecule has 0 spiro atoms. The van der Waals surface area contributed by atoms with Gasteiger partial charge in [0.25, 0.3) is 0 Å². The maximum atomic E-state index is 11.7. The average Bonchev–Trinajstić information content (AvgIpc) is 4.18. The van der Waals surface area contributed by atoms with Gasteiger partial charge in [0.05, 0.1) is 45.7 Å². The van der Waals surface area contributed by atoms with Crippen LogP contribution in [0.25, 0.3) is 0 Å². The summed E-state index contributed by atoms with van der Waals surface area (Å²) in [4.78, 5) is 0. The Labute approximate surface area is 391 Å². The van der Waals surface area contributed by atoms with Crippen molar-refractivity contribution >= 4 is 0 Å². The molecule has 69 heavy (non-hydrogen) atoms. The van der Waals surface area contributed by atoms with E-state index in [4.69, 9.17) is 61.6 Å². The fourth-order valence-electron chi connectivity index (χ4n) is 9.49. The van der Waals surface area contributed by atoms with Crippen LogP contribution in [0.3, 0.4) is 0 Å². The first-order valence-electron chi connectivity index (χ1n) is 22.6. The molecule has 0 aromatic heterocycles. The zero-order chi connectivity index (χ0) is 49.7. The Hall–Kier alpha value is -1.20. The van der Waals surface area contributed by atoms with E-state index >= 15 is 0 Å². The third-order valence-corrected chi connectivity index (χ3v) is 13.5. The van der Waals surface area contributed by atoms with Gasteiger partial charge in [0, 0.05) is 0 Å². The fraction of sp³-hybridized carbons (Fsp3) is 1.00. The monoisotopic (exact) mass is 1010 g/mol. The minimum absolute atomic E-state index is 0.458. The molecule has 0 aromatic rings. The van der Waals surface area contributed by atoms with E-state index in [1.807, 2.05) is 0 Å². The lowest BCUT2D eigenvalue weighted by molar-refractivity contribution is -0.405. The normalized spacial score (nSPS) is 54.6. The molecule has 0 unspecified atom stereocenters.